The van der Waals surface area contributed by atoms with E-state index in [0.717, 1.165) is 29.9 Å². The summed E-state index contributed by atoms with van der Waals surface area (Å²) in [5, 5.41) is 12.6. The van der Waals surface area contributed by atoms with Gasteiger partial charge in [-0.2, -0.15) is 0 Å². The van der Waals surface area contributed by atoms with Gasteiger partial charge in [0.15, 0.2) is 11.5 Å². The molecule has 0 radical (unpaired) electrons. The maximum absolute atomic E-state index is 13.6. The standard InChI is InChI=1S/C32H38N4O6/c1-22-6-3-8-25(33-22)18-35-14-12-28-27(19-35)34-31(38)20-36(13-5-15-37)32(39)24-10-11-29(40-2)30(17-24)42-26-9-4-7-23(16-26)21-41-28/h3-4,6-11,16-17,27-28,37H,5,12-15,18-21H2,1-2H3,(H,34,38)/t27-,28-/m0/s1. The number of piperidine rings is 1. The minimum absolute atomic E-state index is 0.0980. The van der Waals surface area contributed by atoms with Gasteiger partial charge in [-0.25, -0.2) is 0 Å². The van der Waals surface area contributed by atoms with Gasteiger partial charge >= 0.3 is 0 Å². The number of carbonyl (C=O) groups is 2. The van der Waals surface area contributed by atoms with E-state index in [0.29, 0.717) is 48.9 Å². The quantitative estimate of drug-likeness (QED) is 0.461. The average Bonchev–Trinajstić information content (AvgIpc) is 2.98. The molecule has 42 heavy (non-hydrogen) atoms. The summed E-state index contributed by atoms with van der Waals surface area (Å²) in [5.41, 5.74) is 3.23. The molecule has 222 valence electrons. The van der Waals surface area contributed by atoms with Crippen LogP contribution in [0, 0.1) is 6.92 Å². The molecule has 1 saturated heterocycles. The van der Waals surface area contributed by atoms with Crippen LogP contribution >= 0.6 is 0 Å². The number of benzene rings is 2. The van der Waals surface area contributed by atoms with Gasteiger partial charge in [-0.3, -0.25) is 19.5 Å². The first-order valence-electron chi connectivity index (χ1n) is 14.3. The molecule has 2 aromatic carbocycles. The Balaban J connectivity index is 1.43. The van der Waals surface area contributed by atoms with Crippen LogP contribution in [0.15, 0.2) is 60.7 Å². The van der Waals surface area contributed by atoms with Crippen LogP contribution in [0.4, 0.5) is 0 Å². The molecule has 10 heteroatoms. The lowest BCUT2D eigenvalue weighted by Gasteiger charge is -2.39. The van der Waals surface area contributed by atoms with Crippen molar-refractivity contribution < 1.29 is 28.9 Å². The van der Waals surface area contributed by atoms with E-state index < -0.39 is 0 Å². The Morgan fingerprint density at radius 3 is 2.79 bits per heavy atom. The van der Waals surface area contributed by atoms with Gasteiger partial charge in [-0.05, 0) is 67.8 Å². The molecular formula is C32H38N4O6. The van der Waals surface area contributed by atoms with Gasteiger partial charge in [-0.15, -0.1) is 0 Å². The topological polar surface area (TPSA) is 113 Å². The molecule has 0 saturated carbocycles. The molecule has 1 fully saturated rings. The summed E-state index contributed by atoms with van der Waals surface area (Å²) in [7, 11) is 1.54. The van der Waals surface area contributed by atoms with E-state index in [1.165, 1.54) is 12.0 Å². The van der Waals surface area contributed by atoms with E-state index in [2.05, 4.69) is 15.2 Å². The number of likely N-dealkylation sites (tertiary alicyclic amines) is 1. The summed E-state index contributed by atoms with van der Waals surface area (Å²) in [6.45, 7) is 4.35. The number of methoxy groups -OCH3 is 1. The lowest BCUT2D eigenvalue weighted by atomic mass is 10.0. The smallest absolute Gasteiger partial charge is 0.254 e. The molecule has 10 nitrogen and oxygen atoms in total. The van der Waals surface area contributed by atoms with Crippen LogP contribution in [0.3, 0.4) is 0 Å². The molecule has 3 heterocycles. The number of rotatable bonds is 6. The fraction of sp³-hybridized carbons (Fsp3) is 0.406. The molecule has 2 atom stereocenters. The van der Waals surface area contributed by atoms with Crippen LogP contribution in [-0.2, 0) is 22.7 Å². The van der Waals surface area contributed by atoms with Crippen LogP contribution in [0.2, 0.25) is 0 Å². The van der Waals surface area contributed by atoms with Gasteiger partial charge in [0.25, 0.3) is 5.91 Å². The zero-order valence-corrected chi connectivity index (χ0v) is 24.1. The second-order valence-corrected chi connectivity index (χ2v) is 10.7. The highest BCUT2D eigenvalue weighted by Crippen LogP contribution is 2.33. The number of amides is 2. The van der Waals surface area contributed by atoms with Crippen molar-refractivity contribution in [3.8, 4) is 17.2 Å². The number of hydrogen-bond acceptors (Lipinski definition) is 8. The highest BCUT2D eigenvalue weighted by Gasteiger charge is 2.32. The number of aromatic nitrogens is 1. The zero-order valence-electron chi connectivity index (χ0n) is 24.1. The summed E-state index contributed by atoms with van der Waals surface area (Å²) < 4.78 is 18.1. The number of carbonyl (C=O) groups excluding carboxylic acids is 2. The summed E-state index contributed by atoms with van der Waals surface area (Å²) in [6, 6.07) is 18.3. The fourth-order valence-electron chi connectivity index (χ4n) is 5.44. The minimum Gasteiger partial charge on any atom is -0.493 e. The number of hydrogen-bond donors (Lipinski definition) is 2. The molecule has 0 unspecified atom stereocenters. The molecule has 2 aliphatic heterocycles. The number of fused-ring (bicyclic) bond motifs is 5. The van der Waals surface area contributed by atoms with Crippen molar-refractivity contribution in [2.45, 2.75) is 45.1 Å². The Bertz CT molecular complexity index is 1400. The maximum atomic E-state index is 13.6. The number of pyridine rings is 1. The van der Waals surface area contributed by atoms with E-state index in [1.54, 1.807) is 18.2 Å². The molecule has 5 rings (SSSR count). The van der Waals surface area contributed by atoms with Gasteiger partial charge in [0.1, 0.15) is 5.75 Å². The van der Waals surface area contributed by atoms with Crippen LogP contribution in [0.1, 0.15) is 40.2 Å². The Kier molecular flexibility index (Phi) is 9.68. The molecule has 1 aromatic heterocycles. The molecule has 0 spiro atoms. The second-order valence-electron chi connectivity index (χ2n) is 10.7. The maximum Gasteiger partial charge on any atom is 0.254 e. The zero-order chi connectivity index (χ0) is 29.5. The lowest BCUT2D eigenvalue weighted by Crippen LogP contribution is -2.57. The highest BCUT2D eigenvalue weighted by atomic mass is 16.5. The third-order valence-corrected chi connectivity index (χ3v) is 7.52. The van der Waals surface area contributed by atoms with E-state index >= 15 is 0 Å². The third kappa shape index (κ3) is 7.44. The van der Waals surface area contributed by atoms with Gasteiger partial charge in [0, 0.05) is 44.0 Å². The van der Waals surface area contributed by atoms with Crippen LogP contribution < -0.4 is 14.8 Å². The van der Waals surface area contributed by atoms with Crippen molar-refractivity contribution in [1.82, 2.24) is 20.1 Å². The Hall–Kier alpha value is -3.99. The van der Waals surface area contributed by atoms with Gasteiger partial charge < -0.3 is 29.5 Å². The van der Waals surface area contributed by atoms with Gasteiger partial charge in [-0.1, -0.05) is 18.2 Å². The summed E-state index contributed by atoms with van der Waals surface area (Å²) >= 11 is 0. The average molecular weight is 575 g/mol. The molecule has 3 aromatic rings. The molecule has 0 aliphatic carbocycles. The highest BCUT2D eigenvalue weighted by molar-refractivity contribution is 5.97. The predicted octanol–water partition coefficient (Wildman–Crippen LogP) is 3.31. The van der Waals surface area contributed by atoms with Crippen LogP contribution in [-0.4, -0.2) is 83.7 Å². The van der Waals surface area contributed by atoms with Crippen LogP contribution in [0.5, 0.6) is 17.2 Å². The summed E-state index contributed by atoms with van der Waals surface area (Å²) in [4.78, 5) is 35.4. The lowest BCUT2D eigenvalue weighted by molar-refractivity contribution is -0.125. The SMILES string of the molecule is COc1ccc2cc1Oc1cccc(c1)CO[C@H]1CCN(Cc3cccc(C)n3)C[C@@H]1NC(=O)CN(CCCO)C2=O. The molecular weight excluding hydrogens is 536 g/mol. The Labute approximate surface area is 246 Å². The largest absolute Gasteiger partial charge is 0.493 e. The van der Waals surface area contributed by atoms with Crippen molar-refractivity contribution in [3.63, 3.8) is 0 Å². The first kappa shape index (κ1) is 29.5. The first-order valence-corrected chi connectivity index (χ1v) is 14.3. The van der Waals surface area contributed by atoms with Crippen molar-refractivity contribution in [2.24, 2.45) is 0 Å². The number of aliphatic hydroxyl groups is 1. The number of ether oxygens (including phenoxy) is 3. The number of nitrogens with zero attached hydrogens (tertiary/aromatic N) is 3. The van der Waals surface area contributed by atoms with Crippen molar-refractivity contribution in [3.05, 3.63) is 83.2 Å². The number of aryl methyl sites for hydroxylation is 1. The Morgan fingerprint density at radius 2 is 1.98 bits per heavy atom. The predicted molar refractivity (Wildman–Crippen MR) is 156 cm³/mol. The molecule has 2 N–H and O–H groups in total. The Morgan fingerprint density at radius 1 is 1.12 bits per heavy atom. The number of nitrogens with one attached hydrogen (secondary N) is 1. The van der Waals surface area contributed by atoms with Gasteiger partial charge in [0.05, 0.1) is 38.1 Å². The summed E-state index contributed by atoms with van der Waals surface area (Å²) in [6.07, 6.45) is 0.849. The molecule has 2 amide bonds. The van der Waals surface area contributed by atoms with Crippen molar-refractivity contribution in [1.29, 1.82) is 0 Å². The minimum atomic E-state index is -0.337. The van der Waals surface area contributed by atoms with Gasteiger partial charge in [0.2, 0.25) is 5.91 Å². The third-order valence-electron chi connectivity index (χ3n) is 7.52. The van der Waals surface area contributed by atoms with Crippen LogP contribution in [0.25, 0.3) is 0 Å². The number of aliphatic hydroxyl groups excluding tert-OH is 1. The van der Waals surface area contributed by atoms with E-state index in [9.17, 15) is 14.7 Å². The molecule has 2 aliphatic rings. The molecule has 4 bridgehead atoms. The second kappa shape index (κ2) is 13.8. The normalized spacial score (nSPS) is 19.9. The van der Waals surface area contributed by atoms with E-state index in [-0.39, 0.29) is 43.7 Å². The van der Waals surface area contributed by atoms with Crippen molar-refractivity contribution in [2.75, 3.05) is 39.9 Å². The fourth-order valence-corrected chi connectivity index (χ4v) is 5.44. The van der Waals surface area contributed by atoms with Crippen molar-refractivity contribution >= 4 is 11.8 Å². The summed E-state index contributed by atoms with van der Waals surface area (Å²) in [5.74, 6) is 0.832. The van der Waals surface area contributed by atoms with E-state index in [1.807, 2.05) is 49.4 Å². The monoisotopic (exact) mass is 574 g/mol. The van der Waals surface area contributed by atoms with E-state index in [4.69, 9.17) is 14.2 Å². The first-order chi connectivity index (χ1) is 20.4.